The SMILES string of the molecule is CN1CCN(c2ccc(C(C)(C)C)cc2)CC1(C)C. The van der Waals surface area contributed by atoms with Gasteiger partial charge < -0.3 is 4.90 Å². The monoisotopic (exact) mass is 260 g/mol. The number of likely N-dealkylation sites (N-methyl/N-ethyl adjacent to an activating group) is 1. The Kier molecular flexibility index (Phi) is 3.65. The van der Waals surface area contributed by atoms with E-state index in [0.29, 0.717) is 0 Å². The quantitative estimate of drug-likeness (QED) is 0.762. The minimum Gasteiger partial charge on any atom is -0.368 e. The van der Waals surface area contributed by atoms with Crippen molar-refractivity contribution in [1.29, 1.82) is 0 Å². The lowest BCUT2D eigenvalue weighted by atomic mass is 9.87. The van der Waals surface area contributed by atoms with E-state index in [9.17, 15) is 0 Å². The highest BCUT2D eigenvalue weighted by molar-refractivity contribution is 5.49. The number of hydrogen-bond acceptors (Lipinski definition) is 2. The van der Waals surface area contributed by atoms with Gasteiger partial charge in [0, 0.05) is 30.9 Å². The fourth-order valence-electron chi connectivity index (χ4n) is 2.63. The number of rotatable bonds is 1. The summed E-state index contributed by atoms with van der Waals surface area (Å²) in [6, 6.07) is 9.12. The highest BCUT2D eigenvalue weighted by Gasteiger charge is 2.31. The van der Waals surface area contributed by atoms with Crippen LogP contribution in [0.25, 0.3) is 0 Å². The fraction of sp³-hybridized carbons (Fsp3) is 0.647. The molecule has 106 valence electrons. The van der Waals surface area contributed by atoms with E-state index in [-0.39, 0.29) is 11.0 Å². The molecule has 0 N–H and O–H groups in total. The summed E-state index contributed by atoms with van der Waals surface area (Å²) < 4.78 is 0. The lowest BCUT2D eigenvalue weighted by Crippen LogP contribution is -2.57. The van der Waals surface area contributed by atoms with Crippen LogP contribution in [0.3, 0.4) is 0 Å². The van der Waals surface area contributed by atoms with Crippen LogP contribution < -0.4 is 4.90 Å². The zero-order valence-corrected chi connectivity index (χ0v) is 13.3. The van der Waals surface area contributed by atoms with Gasteiger partial charge in [-0.3, -0.25) is 4.90 Å². The molecule has 2 nitrogen and oxygen atoms in total. The van der Waals surface area contributed by atoms with Crippen LogP contribution in [0, 0.1) is 0 Å². The predicted octanol–water partition coefficient (Wildman–Crippen LogP) is 3.51. The molecular weight excluding hydrogens is 232 g/mol. The number of anilines is 1. The second kappa shape index (κ2) is 4.82. The van der Waals surface area contributed by atoms with Crippen LogP contribution in [0.15, 0.2) is 24.3 Å². The van der Waals surface area contributed by atoms with Crippen LogP contribution in [0.5, 0.6) is 0 Å². The van der Waals surface area contributed by atoms with Gasteiger partial charge in [0.25, 0.3) is 0 Å². The Morgan fingerprint density at radius 1 is 1.00 bits per heavy atom. The molecule has 19 heavy (non-hydrogen) atoms. The summed E-state index contributed by atoms with van der Waals surface area (Å²) >= 11 is 0. The topological polar surface area (TPSA) is 6.48 Å². The van der Waals surface area contributed by atoms with E-state index < -0.39 is 0 Å². The molecule has 0 spiro atoms. The molecule has 0 unspecified atom stereocenters. The highest BCUT2D eigenvalue weighted by atomic mass is 15.3. The first-order chi connectivity index (χ1) is 8.70. The van der Waals surface area contributed by atoms with E-state index in [1.165, 1.54) is 11.3 Å². The van der Waals surface area contributed by atoms with Crippen LogP contribution in [0.2, 0.25) is 0 Å². The van der Waals surface area contributed by atoms with E-state index in [2.05, 4.69) is 75.7 Å². The van der Waals surface area contributed by atoms with Crippen molar-refractivity contribution >= 4 is 5.69 Å². The Labute approximate surface area is 118 Å². The van der Waals surface area contributed by atoms with E-state index in [1.807, 2.05) is 0 Å². The largest absolute Gasteiger partial charge is 0.368 e. The van der Waals surface area contributed by atoms with Crippen LogP contribution in [-0.4, -0.2) is 37.1 Å². The summed E-state index contributed by atoms with van der Waals surface area (Å²) in [5, 5.41) is 0. The van der Waals surface area contributed by atoms with Crippen LogP contribution >= 0.6 is 0 Å². The first kappa shape index (κ1) is 14.4. The molecule has 1 aromatic carbocycles. The second-order valence-electron chi connectivity index (χ2n) is 7.45. The van der Waals surface area contributed by atoms with Gasteiger partial charge in [-0.2, -0.15) is 0 Å². The molecule has 0 saturated carbocycles. The third kappa shape index (κ3) is 3.11. The smallest absolute Gasteiger partial charge is 0.0367 e. The normalized spacial score (nSPS) is 20.6. The van der Waals surface area contributed by atoms with Gasteiger partial charge in [0.1, 0.15) is 0 Å². The first-order valence-electron chi connectivity index (χ1n) is 7.27. The summed E-state index contributed by atoms with van der Waals surface area (Å²) in [5.74, 6) is 0. The van der Waals surface area contributed by atoms with Gasteiger partial charge in [-0.05, 0) is 44.0 Å². The molecule has 1 aromatic rings. The third-order valence-electron chi connectivity index (χ3n) is 4.41. The molecule has 0 atom stereocenters. The summed E-state index contributed by atoms with van der Waals surface area (Å²) in [6.07, 6.45) is 0. The average Bonchev–Trinajstić information content (AvgIpc) is 2.32. The van der Waals surface area contributed by atoms with Crippen LogP contribution in [0.1, 0.15) is 40.2 Å². The summed E-state index contributed by atoms with van der Waals surface area (Å²) in [4.78, 5) is 4.96. The molecule has 0 radical (unpaired) electrons. The van der Waals surface area contributed by atoms with Gasteiger partial charge in [0.05, 0.1) is 0 Å². The van der Waals surface area contributed by atoms with Gasteiger partial charge >= 0.3 is 0 Å². The molecule has 1 aliphatic rings. The van der Waals surface area contributed by atoms with E-state index in [0.717, 1.165) is 19.6 Å². The Morgan fingerprint density at radius 3 is 2.05 bits per heavy atom. The second-order valence-corrected chi connectivity index (χ2v) is 7.45. The van der Waals surface area contributed by atoms with Crippen molar-refractivity contribution in [1.82, 2.24) is 4.90 Å². The molecule has 0 aliphatic carbocycles. The molecule has 1 aliphatic heterocycles. The number of piperazine rings is 1. The summed E-state index contributed by atoms with van der Waals surface area (Å²) in [6.45, 7) is 14.8. The van der Waals surface area contributed by atoms with Gasteiger partial charge in [-0.25, -0.2) is 0 Å². The molecule has 2 heteroatoms. The van der Waals surface area contributed by atoms with E-state index in [1.54, 1.807) is 0 Å². The molecule has 0 aromatic heterocycles. The molecule has 0 amide bonds. The third-order valence-corrected chi connectivity index (χ3v) is 4.41. The Bertz CT molecular complexity index is 426. The number of nitrogens with zero attached hydrogens (tertiary/aromatic N) is 2. The standard InChI is InChI=1S/C17H28N2/c1-16(2,3)14-7-9-15(10-8-14)19-12-11-18(6)17(4,5)13-19/h7-10H,11-13H2,1-6H3. The van der Waals surface area contributed by atoms with Gasteiger partial charge in [-0.15, -0.1) is 0 Å². The van der Waals surface area contributed by atoms with Crippen molar-refractivity contribution in [2.45, 2.75) is 45.6 Å². The molecule has 2 rings (SSSR count). The fourth-order valence-corrected chi connectivity index (χ4v) is 2.63. The molecule has 1 heterocycles. The lowest BCUT2D eigenvalue weighted by molar-refractivity contribution is 0.139. The van der Waals surface area contributed by atoms with Gasteiger partial charge in [0.15, 0.2) is 0 Å². The first-order valence-corrected chi connectivity index (χ1v) is 7.27. The Hall–Kier alpha value is -1.02. The zero-order chi connectivity index (χ0) is 14.3. The van der Waals surface area contributed by atoms with Gasteiger partial charge in [-0.1, -0.05) is 32.9 Å². The summed E-state index contributed by atoms with van der Waals surface area (Å²) in [5.41, 5.74) is 3.25. The average molecular weight is 260 g/mol. The maximum absolute atomic E-state index is 2.51. The Morgan fingerprint density at radius 2 is 1.58 bits per heavy atom. The van der Waals surface area contributed by atoms with Crippen molar-refractivity contribution in [3.05, 3.63) is 29.8 Å². The van der Waals surface area contributed by atoms with Crippen molar-refractivity contribution < 1.29 is 0 Å². The van der Waals surface area contributed by atoms with E-state index in [4.69, 9.17) is 0 Å². The van der Waals surface area contributed by atoms with Crippen molar-refractivity contribution in [2.75, 3.05) is 31.6 Å². The number of benzene rings is 1. The van der Waals surface area contributed by atoms with Gasteiger partial charge in [0.2, 0.25) is 0 Å². The molecular formula is C17H28N2. The minimum atomic E-state index is 0.236. The Balaban J connectivity index is 2.15. The van der Waals surface area contributed by atoms with Crippen LogP contribution in [0.4, 0.5) is 5.69 Å². The van der Waals surface area contributed by atoms with E-state index >= 15 is 0 Å². The maximum Gasteiger partial charge on any atom is 0.0367 e. The zero-order valence-electron chi connectivity index (χ0n) is 13.3. The lowest BCUT2D eigenvalue weighted by Gasteiger charge is -2.46. The summed E-state index contributed by atoms with van der Waals surface area (Å²) in [7, 11) is 2.22. The molecule has 1 fully saturated rings. The molecule has 1 saturated heterocycles. The van der Waals surface area contributed by atoms with Crippen molar-refractivity contribution in [3.63, 3.8) is 0 Å². The number of hydrogen-bond donors (Lipinski definition) is 0. The van der Waals surface area contributed by atoms with Crippen LogP contribution in [-0.2, 0) is 5.41 Å². The maximum atomic E-state index is 2.51. The minimum absolute atomic E-state index is 0.236. The van der Waals surface area contributed by atoms with Crippen molar-refractivity contribution in [3.8, 4) is 0 Å². The highest BCUT2D eigenvalue weighted by Crippen LogP contribution is 2.27. The molecule has 0 bridgehead atoms. The van der Waals surface area contributed by atoms with Crippen molar-refractivity contribution in [2.24, 2.45) is 0 Å². The predicted molar refractivity (Wildman–Crippen MR) is 84.1 cm³/mol.